The van der Waals surface area contributed by atoms with Crippen LogP contribution in [0.1, 0.15) is 20.3 Å². The molecule has 0 aromatic rings. The molecule has 1 rings (SSSR count). The topological polar surface area (TPSA) is 46.6 Å². The Labute approximate surface area is 83.4 Å². The molecule has 4 nitrogen and oxygen atoms in total. The van der Waals surface area contributed by atoms with E-state index in [-0.39, 0.29) is 0 Å². The Morgan fingerprint density at radius 2 is 2.08 bits per heavy atom. The number of halogens is 1. The third-order valence-electron chi connectivity index (χ3n) is 1.91. The van der Waals surface area contributed by atoms with E-state index in [0.29, 0.717) is 26.1 Å². The molecule has 0 N–H and O–H groups in total. The second-order valence-electron chi connectivity index (χ2n) is 3.74. The zero-order valence-electron chi connectivity index (χ0n) is 7.79. The first-order valence-corrected chi connectivity index (χ1v) is 6.42. The molecule has 0 saturated carbocycles. The van der Waals surface area contributed by atoms with E-state index >= 15 is 0 Å². The van der Waals surface area contributed by atoms with E-state index in [1.165, 1.54) is 4.31 Å². The van der Waals surface area contributed by atoms with E-state index in [0.717, 1.165) is 0 Å². The van der Waals surface area contributed by atoms with Crippen LogP contribution in [0.5, 0.6) is 0 Å². The lowest BCUT2D eigenvalue weighted by molar-refractivity contribution is -0.00987. The minimum absolute atomic E-state index is 0.318. The lowest BCUT2D eigenvalue weighted by atomic mass is 10.1. The molecule has 0 atom stereocenters. The van der Waals surface area contributed by atoms with Crippen LogP contribution in [-0.2, 0) is 14.0 Å². The summed E-state index contributed by atoms with van der Waals surface area (Å²) in [6, 6.07) is 0. The normalized spacial score (nSPS) is 25.5. The van der Waals surface area contributed by atoms with Gasteiger partial charge < -0.3 is 4.74 Å². The summed E-state index contributed by atoms with van der Waals surface area (Å²) < 4.78 is 28.8. The third kappa shape index (κ3) is 3.42. The molecular formula is C7H14ClNO3S. The van der Waals surface area contributed by atoms with Gasteiger partial charge in [0.05, 0.1) is 5.60 Å². The third-order valence-corrected chi connectivity index (χ3v) is 3.42. The Balaban J connectivity index is 2.77. The van der Waals surface area contributed by atoms with Crippen molar-refractivity contribution in [2.75, 3.05) is 19.7 Å². The number of ether oxygens (including phenoxy) is 1. The molecule has 0 aromatic carbocycles. The van der Waals surface area contributed by atoms with Crippen LogP contribution >= 0.6 is 10.7 Å². The predicted octanol–water partition coefficient (Wildman–Crippen LogP) is 0.971. The van der Waals surface area contributed by atoms with Crippen molar-refractivity contribution in [1.29, 1.82) is 0 Å². The largest absolute Gasteiger partial charge is 0.374 e. The molecule has 1 fully saturated rings. The average Bonchev–Trinajstić information content (AvgIpc) is 2.08. The molecule has 1 aliphatic rings. The van der Waals surface area contributed by atoms with Gasteiger partial charge in [-0.1, -0.05) is 0 Å². The van der Waals surface area contributed by atoms with E-state index in [1.807, 2.05) is 13.8 Å². The van der Waals surface area contributed by atoms with Gasteiger partial charge in [-0.25, -0.2) is 0 Å². The Kier molecular flexibility index (Phi) is 3.22. The van der Waals surface area contributed by atoms with Crippen molar-refractivity contribution in [3.05, 3.63) is 0 Å². The summed E-state index contributed by atoms with van der Waals surface area (Å²) in [4.78, 5) is 0. The molecule has 0 aromatic heterocycles. The first-order chi connectivity index (χ1) is 5.81. The summed E-state index contributed by atoms with van der Waals surface area (Å²) in [5, 5.41) is 0. The van der Waals surface area contributed by atoms with Crippen molar-refractivity contribution in [2.45, 2.75) is 25.9 Å². The van der Waals surface area contributed by atoms with Gasteiger partial charge in [0.1, 0.15) is 0 Å². The van der Waals surface area contributed by atoms with Gasteiger partial charge in [0.2, 0.25) is 0 Å². The standard InChI is InChI=1S/C7H14ClNO3S/c1-7(2)6-9(13(8,10)11)4-3-5-12-7/h3-6H2,1-2H3. The second-order valence-corrected chi connectivity index (χ2v) is 6.25. The van der Waals surface area contributed by atoms with Crippen LogP contribution in [0.3, 0.4) is 0 Å². The lowest BCUT2D eigenvalue weighted by Crippen LogP contribution is -2.39. The minimum atomic E-state index is -3.59. The van der Waals surface area contributed by atoms with Gasteiger partial charge in [0.25, 0.3) is 9.24 Å². The lowest BCUT2D eigenvalue weighted by Gasteiger charge is -2.26. The zero-order chi connectivity index (χ0) is 10.1. The number of rotatable bonds is 1. The van der Waals surface area contributed by atoms with Crippen molar-refractivity contribution in [3.8, 4) is 0 Å². The fourth-order valence-corrected chi connectivity index (χ4v) is 2.49. The highest BCUT2D eigenvalue weighted by Crippen LogP contribution is 2.20. The average molecular weight is 228 g/mol. The van der Waals surface area contributed by atoms with Crippen LogP contribution in [0.15, 0.2) is 0 Å². The van der Waals surface area contributed by atoms with E-state index in [2.05, 4.69) is 0 Å². The molecule has 78 valence electrons. The van der Waals surface area contributed by atoms with Gasteiger partial charge in [0.15, 0.2) is 0 Å². The van der Waals surface area contributed by atoms with Gasteiger partial charge in [-0.05, 0) is 20.3 Å². The van der Waals surface area contributed by atoms with E-state index in [4.69, 9.17) is 15.4 Å². The maximum absolute atomic E-state index is 11.1. The van der Waals surface area contributed by atoms with Crippen molar-refractivity contribution in [1.82, 2.24) is 4.31 Å². The number of hydrogen-bond donors (Lipinski definition) is 0. The predicted molar refractivity (Wildman–Crippen MR) is 51.0 cm³/mol. The highest BCUT2D eigenvalue weighted by Gasteiger charge is 2.30. The molecule has 0 bridgehead atoms. The highest BCUT2D eigenvalue weighted by atomic mass is 35.7. The Morgan fingerprint density at radius 3 is 2.62 bits per heavy atom. The molecule has 0 spiro atoms. The molecule has 6 heteroatoms. The fourth-order valence-electron chi connectivity index (χ4n) is 1.32. The molecule has 13 heavy (non-hydrogen) atoms. The second kappa shape index (κ2) is 3.73. The Hall–Kier alpha value is 0.160. The minimum Gasteiger partial charge on any atom is -0.374 e. The maximum Gasteiger partial charge on any atom is 0.299 e. The van der Waals surface area contributed by atoms with Crippen LogP contribution in [0.2, 0.25) is 0 Å². The molecule has 1 saturated heterocycles. The first kappa shape index (κ1) is 11.2. The summed E-state index contributed by atoms with van der Waals surface area (Å²) >= 11 is 0. The van der Waals surface area contributed by atoms with Crippen molar-refractivity contribution >= 4 is 19.9 Å². The van der Waals surface area contributed by atoms with Crippen molar-refractivity contribution < 1.29 is 13.2 Å². The Bertz CT molecular complexity index is 275. The van der Waals surface area contributed by atoms with Crippen LogP contribution in [0.25, 0.3) is 0 Å². The summed E-state index contributed by atoms with van der Waals surface area (Å²) in [6.07, 6.45) is 0.690. The molecule has 1 aliphatic heterocycles. The smallest absolute Gasteiger partial charge is 0.299 e. The quantitative estimate of drug-likeness (QED) is 0.628. The van der Waals surface area contributed by atoms with Crippen molar-refractivity contribution in [2.24, 2.45) is 0 Å². The van der Waals surface area contributed by atoms with Gasteiger partial charge >= 0.3 is 0 Å². The van der Waals surface area contributed by atoms with E-state index in [1.54, 1.807) is 0 Å². The summed E-state index contributed by atoms with van der Waals surface area (Å²) in [7, 11) is 1.66. The fraction of sp³-hybridized carbons (Fsp3) is 1.00. The van der Waals surface area contributed by atoms with Crippen LogP contribution in [-0.4, -0.2) is 38.0 Å². The molecule has 0 unspecified atom stereocenters. The SMILES string of the molecule is CC1(C)CN(S(=O)(=O)Cl)CCCO1. The Morgan fingerprint density at radius 1 is 1.46 bits per heavy atom. The van der Waals surface area contributed by atoms with Gasteiger partial charge in [-0.2, -0.15) is 12.7 Å². The van der Waals surface area contributed by atoms with Crippen molar-refractivity contribution in [3.63, 3.8) is 0 Å². The maximum atomic E-state index is 11.1. The molecule has 0 radical (unpaired) electrons. The zero-order valence-corrected chi connectivity index (χ0v) is 9.36. The highest BCUT2D eigenvalue weighted by molar-refractivity contribution is 8.11. The van der Waals surface area contributed by atoms with E-state index in [9.17, 15) is 8.42 Å². The molecule has 0 aliphatic carbocycles. The van der Waals surface area contributed by atoms with Gasteiger partial charge in [-0.15, -0.1) is 0 Å². The van der Waals surface area contributed by atoms with E-state index < -0.39 is 14.8 Å². The molecule has 1 heterocycles. The monoisotopic (exact) mass is 227 g/mol. The van der Waals surface area contributed by atoms with Crippen LogP contribution < -0.4 is 0 Å². The summed E-state index contributed by atoms with van der Waals surface area (Å²) in [6.45, 7) is 5.05. The first-order valence-electron chi connectivity index (χ1n) is 4.15. The summed E-state index contributed by atoms with van der Waals surface area (Å²) in [5.74, 6) is 0. The van der Waals surface area contributed by atoms with Crippen LogP contribution in [0.4, 0.5) is 0 Å². The number of hydrogen-bond acceptors (Lipinski definition) is 3. The summed E-state index contributed by atoms with van der Waals surface area (Å²) in [5.41, 5.74) is -0.446. The molecular weight excluding hydrogens is 214 g/mol. The van der Waals surface area contributed by atoms with Gasteiger partial charge in [0, 0.05) is 30.4 Å². The van der Waals surface area contributed by atoms with Gasteiger partial charge in [-0.3, -0.25) is 0 Å². The number of nitrogens with zero attached hydrogens (tertiary/aromatic N) is 1. The van der Waals surface area contributed by atoms with Crippen LogP contribution in [0, 0.1) is 0 Å². The molecule has 0 amide bonds.